The Hall–Kier alpha value is -2.20. The summed E-state index contributed by atoms with van der Waals surface area (Å²) in [4.78, 5) is 44.1. The molecule has 10 nitrogen and oxygen atoms in total. The quantitative estimate of drug-likeness (QED) is 0.265. The molecule has 0 fully saturated rings. The lowest BCUT2D eigenvalue weighted by molar-refractivity contribution is -0.138. The number of nitrogens with one attached hydrogen (secondary N) is 3. The molecule has 0 radical (unpaired) electrons. The number of aliphatic carboxylic acids is 1. The highest BCUT2D eigenvalue weighted by Gasteiger charge is 2.21. The molecule has 0 saturated heterocycles. The normalized spacial score (nSPS) is 12.9. The maximum absolute atomic E-state index is 11.6. The monoisotopic (exact) mass is 290 g/mol. The first-order valence-corrected chi connectivity index (χ1v) is 5.71. The van der Waals surface area contributed by atoms with Crippen LogP contribution in [0.15, 0.2) is 0 Å². The van der Waals surface area contributed by atoms with Crippen molar-refractivity contribution in [2.75, 3.05) is 19.7 Å². The fourth-order valence-electron chi connectivity index (χ4n) is 1.02. The molecular formula is C10H18N4O6. The summed E-state index contributed by atoms with van der Waals surface area (Å²) in [6.45, 7) is -0.307. The smallest absolute Gasteiger partial charge is 0.322 e. The van der Waals surface area contributed by atoms with Crippen LogP contribution in [0.5, 0.6) is 0 Å². The summed E-state index contributed by atoms with van der Waals surface area (Å²) in [6, 6.07) is -2.09. The highest BCUT2D eigenvalue weighted by atomic mass is 16.4. The van der Waals surface area contributed by atoms with Gasteiger partial charge in [-0.05, 0) is 6.92 Å². The van der Waals surface area contributed by atoms with Gasteiger partial charge in [-0.15, -0.1) is 0 Å². The molecule has 0 aliphatic carbocycles. The molecule has 0 saturated carbocycles. The van der Waals surface area contributed by atoms with Crippen LogP contribution in [0.1, 0.15) is 6.92 Å². The molecule has 0 aromatic heterocycles. The summed E-state index contributed by atoms with van der Waals surface area (Å²) in [7, 11) is 0. The van der Waals surface area contributed by atoms with Gasteiger partial charge >= 0.3 is 5.97 Å². The van der Waals surface area contributed by atoms with E-state index in [0.717, 1.165) is 0 Å². The van der Waals surface area contributed by atoms with E-state index in [1.54, 1.807) is 0 Å². The van der Waals surface area contributed by atoms with Crippen LogP contribution in [-0.4, -0.2) is 65.7 Å². The van der Waals surface area contributed by atoms with E-state index in [1.165, 1.54) is 6.92 Å². The molecule has 2 unspecified atom stereocenters. The van der Waals surface area contributed by atoms with Gasteiger partial charge in [-0.2, -0.15) is 0 Å². The Balaban J connectivity index is 4.19. The first-order valence-electron chi connectivity index (χ1n) is 5.71. The van der Waals surface area contributed by atoms with Crippen molar-refractivity contribution in [1.29, 1.82) is 0 Å². The molecule has 0 aliphatic heterocycles. The maximum Gasteiger partial charge on any atom is 0.322 e. The van der Waals surface area contributed by atoms with Crippen LogP contribution in [-0.2, 0) is 19.2 Å². The Kier molecular flexibility index (Phi) is 7.85. The second kappa shape index (κ2) is 8.82. The molecule has 0 spiro atoms. The van der Waals surface area contributed by atoms with Crippen LogP contribution in [0.4, 0.5) is 0 Å². The summed E-state index contributed by atoms with van der Waals surface area (Å²) >= 11 is 0. The first kappa shape index (κ1) is 17.8. The molecule has 0 aliphatic rings. The standard InChI is InChI=1S/C10H18N4O6/c1-5(11)9(19)14-6(4-15)10(20)13-2-7(16)12-3-8(17)18/h5-6,15H,2-4,11H2,1H3,(H,12,16)(H,13,20)(H,14,19)(H,17,18). The number of carboxylic acids is 1. The van der Waals surface area contributed by atoms with Gasteiger partial charge in [0.1, 0.15) is 12.6 Å². The number of carbonyl (C=O) groups is 4. The van der Waals surface area contributed by atoms with Gasteiger partial charge in [0.25, 0.3) is 0 Å². The molecule has 0 aromatic rings. The van der Waals surface area contributed by atoms with Crippen LogP contribution < -0.4 is 21.7 Å². The highest BCUT2D eigenvalue weighted by Crippen LogP contribution is 1.85. The van der Waals surface area contributed by atoms with Crippen molar-refractivity contribution >= 4 is 23.7 Å². The van der Waals surface area contributed by atoms with Gasteiger partial charge < -0.3 is 31.9 Å². The number of aliphatic hydroxyl groups excluding tert-OH is 1. The lowest BCUT2D eigenvalue weighted by Gasteiger charge is -2.17. The van der Waals surface area contributed by atoms with E-state index in [2.05, 4.69) is 10.6 Å². The topological polar surface area (TPSA) is 171 Å². The van der Waals surface area contributed by atoms with Gasteiger partial charge in [0.05, 0.1) is 19.2 Å². The molecule has 0 rings (SSSR count). The van der Waals surface area contributed by atoms with E-state index in [4.69, 9.17) is 15.9 Å². The fraction of sp³-hybridized carbons (Fsp3) is 0.600. The highest BCUT2D eigenvalue weighted by molar-refractivity contribution is 5.92. The van der Waals surface area contributed by atoms with Crippen LogP contribution >= 0.6 is 0 Å². The largest absolute Gasteiger partial charge is 0.480 e. The van der Waals surface area contributed by atoms with Gasteiger partial charge in [-0.3, -0.25) is 19.2 Å². The number of carboxylic acid groups (broad SMARTS) is 1. The minimum Gasteiger partial charge on any atom is -0.480 e. The van der Waals surface area contributed by atoms with Crippen molar-refractivity contribution in [3.63, 3.8) is 0 Å². The van der Waals surface area contributed by atoms with Crippen molar-refractivity contribution in [3.8, 4) is 0 Å². The second-order valence-electron chi connectivity index (χ2n) is 3.92. The third kappa shape index (κ3) is 7.28. The second-order valence-corrected chi connectivity index (χ2v) is 3.92. The zero-order valence-corrected chi connectivity index (χ0v) is 10.9. The predicted octanol–water partition coefficient (Wildman–Crippen LogP) is -3.87. The minimum absolute atomic E-state index is 0.476. The zero-order valence-electron chi connectivity index (χ0n) is 10.9. The lowest BCUT2D eigenvalue weighted by atomic mass is 10.2. The van der Waals surface area contributed by atoms with E-state index in [0.29, 0.717) is 0 Å². The molecule has 3 amide bonds. The van der Waals surface area contributed by atoms with Crippen LogP contribution in [0.25, 0.3) is 0 Å². The molecule has 114 valence electrons. The Morgan fingerprint density at radius 1 is 1.10 bits per heavy atom. The number of carbonyl (C=O) groups excluding carboxylic acids is 3. The van der Waals surface area contributed by atoms with Gasteiger partial charge in [-0.25, -0.2) is 0 Å². The number of amides is 3. The molecular weight excluding hydrogens is 272 g/mol. The van der Waals surface area contributed by atoms with Crippen molar-refractivity contribution in [3.05, 3.63) is 0 Å². The van der Waals surface area contributed by atoms with Crippen molar-refractivity contribution < 1.29 is 29.4 Å². The average Bonchev–Trinajstić information content (AvgIpc) is 2.39. The van der Waals surface area contributed by atoms with Gasteiger partial charge in [-0.1, -0.05) is 0 Å². The summed E-state index contributed by atoms with van der Waals surface area (Å²) in [5.74, 6) is -3.35. The molecule has 0 heterocycles. The Labute approximate surface area is 114 Å². The predicted molar refractivity (Wildman–Crippen MR) is 66.3 cm³/mol. The average molecular weight is 290 g/mol. The summed E-state index contributed by atoms with van der Waals surface area (Å²) in [5, 5.41) is 23.7. The molecule has 2 atom stereocenters. The summed E-state index contributed by atoms with van der Waals surface area (Å²) < 4.78 is 0. The fourth-order valence-corrected chi connectivity index (χ4v) is 1.02. The summed E-state index contributed by atoms with van der Waals surface area (Å²) in [5.41, 5.74) is 5.28. The lowest BCUT2D eigenvalue weighted by Crippen LogP contribution is -2.53. The van der Waals surface area contributed by atoms with E-state index in [1.807, 2.05) is 5.32 Å². The van der Waals surface area contributed by atoms with E-state index in [9.17, 15) is 19.2 Å². The van der Waals surface area contributed by atoms with Crippen LogP contribution in [0.2, 0.25) is 0 Å². The SMILES string of the molecule is CC(N)C(=O)NC(CO)C(=O)NCC(=O)NCC(=O)O. The number of aliphatic hydroxyl groups is 1. The van der Waals surface area contributed by atoms with Crippen molar-refractivity contribution in [2.45, 2.75) is 19.0 Å². The molecule has 10 heteroatoms. The van der Waals surface area contributed by atoms with Crippen LogP contribution in [0, 0.1) is 0 Å². The Morgan fingerprint density at radius 2 is 1.70 bits per heavy atom. The summed E-state index contributed by atoms with van der Waals surface area (Å²) in [6.07, 6.45) is 0. The molecule has 7 N–H and O–H groups in total. The van der Waals surface area contributed by atoms with Crippen molar-refractivity contribution in [1.82, 2.24) is 16.0 Å². The van der Waals surface area contributed by atoms with Gasteiger partial charge in [0, 0.05) is 0 Å². The maximum atomic E-state index is 11.6. The zero-order chi connectivity index (χ0) is 15.7. The third-order valence-corrected chi connectivity index (χ3v) is 2.09. The first-order chi connectivity index (χ1) is 9.27. The molecule has 0 bridgehead atoms. The van der Waals surface area contributed by atoms with Gasteiger partial charge in [0.2, 0.25) is 17.7 Å². The number of hydrogen-bond acceptors (Lipinski definition) is 6. The van der Waals surface area contributed by atoms with E-state index < -0.39 is 55.5 Å². The van der Waals surface area contributed by atoms with E-state index in [-0.39, 0.29) is 0 Å². The molecule has 0 aromatic carbocycles. The van der Waals surface area contributed by atoms with Crippen LogP contribution in [0.3, 0.4) is 0 Å². The molecule has 20 heavy (non-hydrogen) atoms. The number of nitrogens with two attached hydrogens (primary N) is 1. The van der Waals surface area contributed by atoms with Gasteiger partial charge in [0.15, 0.2) is 0 Å². The minimum atomic E-state index is -1.24. The van der Waals surface area contributed by atoms with Crippen molar-refractivity contribution in [2.24, 2.45) is 5.73 Å². The van der Waals surface area contributed by atoms with E-state index >= 15 is 0 Å². The third-order valence-electron chi connectivity index (χ3n) is 2.09. The number of rotatable bonds is 8. The Bertz CT molecular complexity index is 384. The Morgan fingerprint density at radius 3 is 2.15 bits per heavy atom. The number of hydrogen-bond donors (Lipinski definition) is 6.